The number of benzene rings is 2. The summed E-state index contributed by atoms with van der Waals surface area (Å²) in [6.45, 7) is 3.56. The summed E-state index contributed by atoms with van der Waals surface area (Å²) in [5.41, 5.74) is 3.15. The zero-order valence-electron chi connectivity index (χ0n) is 17.2. The van der Waals surface area contributed by atoms with Crippen LogP contribution >= 0.6 is 11.3 Å². The lowest BCUT2D eigenvalue weighted by atomic mass is 10.1. The normalized spacial score (nSPS) is 10.9. The van der Waals surface area contributed by atoms with Gasteiger partial charge >= 0.3 is 0 Å². The second-order valence-electron chi connectivity index (χ2n) is 7.19. The average Bonchev–Trinajstić information content (AvgIpc) is 3.20. The van der Waals surface area contributed by atoms with Gasteiger partial charge in [-0.3, -0.25) is 9.69 Å². The Labute approximate surface area is 176 Å². The number of thiazole rings is 1. The lowest BCUT2D eigenvalue weighted by molar-refractivity contribution is -0.120. The maximum atomic E-state index is 12.9. The Morgan fingerprint density at radius 3 is 2.45 bits per heavy atom. The van der Waals surface area contributed by atoms with E-state index in [2.05, 4.69) is 36.1 Å². The zero-order valence-corrected chi connectivity index (χ0v) is 18.0. The zero-order chi connectivity index (χ0) is 20.6. The molecule has 0 bridgehead atoms. The molecule has 3 aromatic rings. The third kappa shape index (κ3) is 6.14. The second-order valence-corrected chi connectivity index (χ2v) is 8.02. The van der Waals surface area contributed by atoms with Crippen molar-refractivity contribution in [2.24, 2.45) is 0 Å². The fourth-order valence-corrected chi connectivity index (χ4v) is 3.73. The number of ether oxygens (including phenoxy) is 1. The van der Waals surface area contributed by atoms with E-state index < -0.39 is 0 Å². The molecule has 6 heteroatoms. The number of aromatic nitrogens is 1. The molecular weight excluding hydrogens is 382 g/mol. The number of hydrogen-bond acceptors (Lipinski definition) is 5. The number of carbonyl (C=O) groups is 1. The van der Waals surface area contributed by atoms with Crippen LogP contribution in [0.25, 0.3) is 11.3 Å². The molecule has 29 heavy (non-hydrogen) atoms. The van der Waals surface area contributed by atoms with Gasteiger partial charge in [0.1, 0.15) is 5.75 Å². The lowest BCUT2D eigenvalue weighted by Gasteiger charge is -2.21. The Bertz CT molecular complexity index is 907. The first-order valence-corrected chi connectivity index (χ1v) is 10.6. The van der Waals surface area contributed by atoms with Crippen LogP contribution in [-0.2, 0) is 4.79 Å². The van der Waals surface area contributed by atoms with E-state index >= 15 is 0 Å². The number of amides is 1. The van der Waals surface area contributed by atoms with E-state index in [-0.39, 0.29) is 12.5 Å². The van der Waals surface area contributed by atoms with Crippen molar-refractivity contribution in [3.8, 4) is 17.0 Å². The molecule has 0 saturated heterocycles. The van der Waals surface area contributed by atoms with Gasteiger partial charge < -0.3 is 9.64 Å². The van der Waals surface area contributed by atoms with Crippen LogP contribution < -0.4 is 9.64 Å². The third-order valence-corrected chi connectivity index (χ3v) is 5.33. The Balaban J connectivity index is 1.73. The van der Waals surface area contributed by atoms with E-state index in [0.717, 1.165) is 24.2 Å². The number of nitrogens with zero attached hydrogens (tertiary/aromatic N) is 3. The molecule has 0 aliphatic rings. The summed E-state index contributed by atoms with van der Waals surface area (Å²) in [6.07, 6.45) is 0.865. The van der Waals surface area contributed by atoms with Crippen molar-refractivity contribution in [1.82, 2.24) is 9.88 Å². The van der Waals surface area contributed by atoms with Gasteiger partial charge in [-0.1, -0.05) is 48.0 Å². The predicted molar refractivity (Wildman–Crippen MR) is 120 cm³/mol. The molecule has 0 fully saturated rings. The van der Waals surface area contributed by atoms with E-state index in [1.165, 1.54) is 16.9 Å². The van der Waals surface area contributed by atoms with Gasteiger partial charge in [-0.15, -0.1) is 11.3 Å². The number of para-hydroxylation sites is 1. The van der Waals surface area contributed by atoms with Crippen molar-refractivity contribution in [1.29, 1.82) is 0 Å². The van der Waals surface area contributed by atoms with Gasteiger partial charge in [0, 0.05) is 17.5 Å². The van der Waals surface area contributed by atoms with Crippen LogP contribution in [0.1, 0.15) is 12.0 Å². The predicted octanol–water partition coefficient (Wildman–Crippen LogP) is 4.48. The molecule has 1 amide bonds. The summed E-state index contributed by atoms with van der Waals surface area (Å²) in [7, 11) is 4.06. The molecule has 5 nitrogen and oxygen atoms in total. The lowest BCUT2D eigenvalue weighted by Crippen LogP contribution is -2.36. The summed E-state index contributed by atoms with van der Waals surface area (Å²) in [4.78, 5) is 21.5. The molecule has 0 radical (unpaired) electrons. The van der Waals surface area contributed by atoms with Crippen molar-refractivity contribution in [2.75, 3.05) is 38.7 Å². The molecule has 0 unspecified atom stereocenters. The highest BCUT2D eigenvalue weighted by molar-refractivity contribution is 7.14. The van der Waals surface area contributed by atoms with Crippen molar-refractivity contribution in [2.45, 2.75) is 13.3 Å². The number of aryl methyl sites for hydroxylation is 1. The summed E-state index contributed by atoms with van der Waals surface area (Å²) < 4.78 is 5.68. The minimum Gasteiger partial charge on any atom is -0.484 e. The van der Waals surface area contributed by atoms with Gasteiger partial charge in [-0.2, -0.15) is 0 Å². The molecule has 1 aromatic heterocycles. The number of hydrogen-bond donors (Lipinski definition) is 0. The van der Waals surface area contributed by atoms with Crippen molar-refractivity contribution < 1.29 is 9.53 Å². The Hall–Kier alpha value is -2.70. The maximum absolute atomic E-state index is 12.9. The fraction of sp³-hybridized carbons (Fsp3) is 0.304. The van der Waals surface area contributed by atoms with Crippen LogP contribution in [0, 0.1) is 6.92 Å². The highest BCUT2D eigenvalue weighted by Crippen LogP contribution is 2.28. The van der Waals surface area contributed by atoms with Crippen LogP contribution in [0.4, 0.5) is 5.13 Å². The van der Waals surface area contributed by atoms with Crippen molar-refractivity contribution in [3.05, 3.63) is 65.5 Å². The molecule has 1 heterocycles. The summed E-state index contributed by atoms with van der Waals surface area (Å²) in [6, 6.07) is 17.7. The smallest absolute Gasteiger partial charge is 0.266 e. The first-order chi connectivity index (χ1) is 14.0. The minimum absolute atomic E-state index is 0.00851. The molecule has 0 N–H and O–H groups in total. The molecular formula is C23H27N3O2S. The summed E-state index contributed by atoms with van der Waals surface area (Å²) in [5.74, 6) is 0.603. The highest BCUT2D eigenvalue weighted by atomic mass is 32.1. The SMILES string of the molecule is Cc1ccc(-c2csc(N(CCCN(C)C)C(=O)COc3ccccc3)n2)cc1. The maximum Gasteiger partial charge on any atom is 0.266 e. The van der Waals surface area contributed by atoms with Crippen LogP contribution in [0.3, 0.4) is 0 Å². The van der Waals surface area contributed by atoms with E-state index in [4.69, 9.17) is 9.72 Å². The summed E-state index contributed by atoms with van der Waals surface area (Å²) in [5, 5.41) is 2.71. The topological polar surface area (TPSA) is 45.7 Å². The molecule has 0 atom stereocenters. The van der Waals surface area contributed by atoms with Crippen molar-refractivity contribution in [3.63, 3.8) is 0 Å². The van der Waals surface area contributed by atoms with Crippen LogP contribution in [0.15, 0.2) is 60.0 Å². The minimum atomic E-state index is -0.0857. The van der Waals surface area contributed by atoms with E-state index in [1.807, 2.05) is 49.8 Å². The van der Waals surface area contributed by atoms with E-state index in [1.54, 1.807) is 4.90 Å². The Kier molecular flexibility index (Phi) is 7.38. The van der Waals surface area contributed by atoms with E-state index in [9.17, 15) is 4.79 Å². The third-order valence-electron chi connectivity index (χ3n) is 4.46. The molecule has 0 aliphatic carbocycles. The van der Waals surface area contributed by atoms with Gasteiger partial charge in [-0.25, -0.2) is 4.98 Å². The fourth-order valence-electron chi connectivity index (χ4n) is 2.86. The van der Waals surface area contributed by atoms with Gasteiger partial charge in [-0.05, 0) is 46.1 Å². The monoisotopic (exact) mass is 409 g/mol. The van der Waals surface area contributed by atoms with Crippen molar-refractivity contribution >= 4 is 22.4 Å². The average molecular weight is 410 g/mol. The number of carbonyl (C=O) groups excluding carboxylic acids is 1. The quantitative estimate of drug-likeness (QED) is 0.523. The second kappa shape index (κ2) is 10.2. The Morgan fingerprint density at radius 2 is 1.76 bits per heavy atom. The molecule has 0 spiro atoms. The molecule has 2 aromatic carbocycles. The number of rotatable bonds is 9. The largest absolute Gasteiger partial charge is 0.484 e. The van der Waals surface area contributed by atoms with Gasteiger partial charge in [0.05, 0.1) is 5.69 Å². The van der Waals surface area contributed by atoms with Gasteiger partial charge in [0.25, 0.3) is 5.91 Å². The van der Waals surface area contributed by atoms with Crippen LogP contribution in [0.5, 0.6) is 5.75 Å². The van der Waals surface area contributed by atoms with Crippen LogP contribution in [0.2, 0.25) is 0 Å². The van der Waals surface area contributed by atoms with E-state index in [0.29, 0.717) is 17.4 Å². The first kappa shape index (κ1) is 21.0. The molecule has 0 aliphatic heterocycles. The number of anilines is 1. The highest BCUT2D eigenvalue weighted by Gasteiger charge is 2.20. The van der Waals surface area contributed by atoms with Gasteiger partial charge in [0.2, 0.25) is 0 Å². The molecule has 152 valence electrons. The van der Waals surface area contributed by atoms with Crippen LogP contribution in [-0.4, -0.2) is 49.6 Å². The van der Waals surface area contributed by atoms with Gasteiger partial charge in [0.15, 0.2) is 11.7 Å². The molecule has 3 rings (SSSR count). The standard InChI is InChI=1S/C23H27N3O2S/c1-18-10-12-19(13-11-18)21-17-29-23(24-21)26(15-7-14-25(2)3)22(27)16-28-20-8-5-4-6-9-20/h4-6,8-13,17H,7,14-16H2,1-3H3. The molecule has 0 saturated carbocycles. The summed E-state index contributed by atoms with van der Waals surface area (Å²) >= 11 is 1.49. The first-order valence-electron chi connectivity index (χ1n) is 9.68. The Morgan fingerprint density at radius 1 is 1.03 bits per heavy atom.